The lowest BCUT2D eigenvalue weighted by atomic mass is 9.97. The number of esters is 1. The van der Waals surface area contributed by atoms with Crippen LogP contribution in [0.15, 0.2) is 86.1 Å². The third kappa shape index (κ3) is 9.54. The maximum Gasteiger partial charge on any atom is 0.306 e. The molecule has 8 nitrogen and oxygen atoms in total. The van der Waals surface area contributed by atoms with Crippen molar-refractivity contribution in [3.8, 4) is 0 Å². The van der Waals surface area contributed by atoms with Crippen LogP contribution in [0, 0.1) is 5.92 Å². The second-order valence-electron chi connectivity index (χ2n) is 9.84. The van der Waals surface area contributed by atoms with Crippen LogP contribution in [0.3, 0.4) is 0 Å². The number of aromatic amines is 1. The molecule has 4 N–H and O–H groups in total. The first-order chi connectivity index (χ1) is 19.4. The Hall–Kier alpha value is -4.17. The van der Waals surface area contributed by atoms with E-state index >= 15 is 0 Å². The second-order valence-corrected chi connectivity index (χ2v) is 9.84. The molecule has 0 fully saturated rings. The van der Waals surface area contributed by atoms with Crippen molar-refractivity contribution in [1.29, 1.82) is 0 Å². The number of benzene rings is 2. The quantitative estimate of drug-likeness (QED) is 0.151. The van der Waals surface area contributed by atoms with E-state index in [-0.39, 0.29) is 43.8 Å². The molecule has 0 unspecified atom stereocenters. The molecule has 0 saturated heterocycles. The highest BCUT2D eigenvalue weighted by molar-refractivity contribution is 5.86. The normalized spacial score (nSPS) is 13.1. The summed E-state index contributed by atoms with van der Waals surface area (Å²) in [6.45, 7) is 7.16. The minimum atomic E-state index is -0.671. The molecule has 1 heterocycles. The summed E-state index contributed by atoms with van der Waals surface area (Å²) < 4.78 is 5.47. The number of fused-ring (bicyclic) bond motifs is 1. The van der Waals surface area contributed by atoms with Gasteiger partial charge in [0.25, 0.3) is 0 Å². The number of allylic oxidation sites excluding steroid dienone is 2. The van der Waals surface area contributed by atoms with Crippen molar-refractivity contribution in [2.24, 2.45) is 5.92 Å². The third-order valence-corrected chi connectivity index (χ3v) is 6.65. The van der Waals surface area contributed by atoms with Crippen LogP contribution < -0.4 is 10.6 Å². The smallest absolute Gasteiger partial charge is 0.306 e. The second kappa shape index (κ2) is 16.1. The summed E-state index contributed by atoms with van der Waals surface area (Å²) in [4.78, 5) is 41.7. The van der Waals surface area contributed by atoms with E-state index in [1.165, 1.54) is 0 Å². The van der Waals surface area contributed by atoms with E-state index < -0.39 is 18.0 Å². The summed E-state index contributed by atoms with van der Waals surface area (Å²) in [5.41, 5.74) is 2.94. The summed E-state index contributed by atoms with van der Waals surface area (Å²) >= 11 is 0. The first-order valence-corrected chi connectivity index (χ1v) is 13.6. The number of hydrogen-bond donors (Lipinski definition) is 4. The van der Waals surface area contributed by atoms with Gasteiger partial charge in [0, 0.05) is 29.9 Å². The molecule has 0 saturated carbocycles. The summed E-state index contributed by atoms with van der Waals surface area (Å²) in [5.74, 6) is -1.70. The number of para-hydroxylation sites is 1. The molecule has 0 aliphatic heterocycles. The number of aliphatic hydroxyl groups is 1. The lowest BCUT2D eigenvalue weighted by Crippen LogP contribution is -2.45. The Morgan fingerprint density at radius 3 is 2.42 bits per heavy atom. The molecule has 3 aromatic rings. The predicted molar refractivity (Wildman–Crippen MR) is 156 cm³/mol. The number of hydrogen-bond acceptors (Lipinski definition) is 5. The molecule has 8 heteroatoms. The van der Waals surface area contributed by atoms with E-state index in [0.29, 0.717) is 25.7 Å². The van der Waals surface area contributed by atoms with E-state index in [2.05, 4.69) is 28.8 Å². The first kappa shape index (κ1) is 30.4. The average molecular weight is 546 g/mol. The fraction of sp³-hybridized carbons (Fsp3) is 0.344. The SMILES string of the molecule is C=CCCC(=O)OC[C@H](Cc1c[nH]c2ccccc12)NC(=O)[C@H](CC=C)CC(=O)N[C@@H](CO)Cc1ccccc1. The minimum Gasteiger partial charge on any atom is -0.463 e. The summed E-state index contributed by atoms with van der Waals surface area (Å²) in [6.07, 6.45) is 7.00. The molecule has 0 aliphatic rings. The number of aromatic nitrogens is 1. The number of carbonyl (C=O) groups excluding carboxylic acids is 3. The number of rotatable bonds is 17. The van der Waals surface area contributed by atoms with Gasteiger partial charge in [0.1, 0.15) is 6.61 Å². The molecule has 0 bridgehead atoms. The summed E-state index contributed by atoms with van der Waals surface area (Å²) in [7, 11) is 0. The van der Waals surface area contributed by atoms with Gasteiger partial charge in [0.15, 0.2) is 0 Å². The third-order valence-electron chi connectivity index (χ3n) is 6.65. The van der Waals surface area contributed by atoms with Crippen molar-refractivity contribution in [1.82, 2.24) is 15.6 Å². The van der Waals surface area contributed by atoms with Gasteiger partial charge in [0.2, 0.25) is 11.8 Å². The van der Waals surface area contributed by atoms with Gasteiger partial charge in [-0.1, -0.05) is 60.7 Å². The molecular weight excluding hydrogens is 506 g/mol. The van der Waals surface area contributed by atoms with Crippen LogP contribution in [0.1, 0.15) is 36.8 Å². The van der Waals surface area contributed by atoms with E-state index in [9.17, 15) is 19.5 Å². The number of aliphatic hydroxyl groups excluding tert-OH is 1. The molecule has 3 rings (SSSR count). The maximum absolute atomic E-state index is 13.4. The van der Waals surface area contributed by atoms with Crippen molar-refractivity contribution in [2.45, 2.75) is 50.6 Å². The Labute approximate surface area is 235 Å². The van der Waals surface area contributed by atoms with E-state index in [4.69, 9.17) is 4.74 Å². The lowest BCUT2D eigenvalue weighted by Gasteiger charge is -2.23. The van der Waals surface area contributed by atoms with Crippen LogP contribution in [0.4, 0.5) is 0 Å². The largest absolute Gasteiger partial charge is 0.463 e. The Bertz CT molecular complexity index is 1270. The zero-order chi connectivity index (χ0) is 28.7. The van der Waals surface area contributed by atoms with Crippen LogP contribution >= 0.6 is 0 Å². The molecule has 0 aliphatic carbocycles. The van der Waals surface area contributed by atoms with Gasteiger partial charge in [-0.25, -0.2) is 0 Å². The average Bonchev–Trinajstić information content (AvgIpc) is 3.37. The maximum atomic E-state index is 13.4. The summed E-state index contributed by atoms with van der Waals surface area (Å²) in [5, 5.41) is 16.7. The fourth-order valence-electron chi connectivity index (χ4n) is 4.58. The zero-order valence-corrected chi connectivity index (χ0v) is 22.8. The standard InChI is InChI=1S/C32H39N3O5/c1-3-5-16-31(38)40-22-27(18-25-20-33-29-15-10-9-14-28(25)29)35-32(39)24(11-4-2)19-30(37)34-26(21-36)17-23-12-7-6-8-13-23/h3-4,6-10,12-15,20,24,26-27,33,36H,1-2,5,11,16-19,21-22H2,(H,34,37)(H,35,39)/t24-,26-,27+/m1/s1. The van der Waals surface area contributed by atoms with Gasteiger partial charge in [-0.05, 0) is 42.9 Å². The molecule has 1 aromatic heterocycles. The Morgan fingerprint density at radius 2 is 1.70 bits per heavy atom. The monoisotopic (exact) mass is 545 g/mol. The fourth-order valence-corrected chi connectivity index (χ4v) is 4.58. The van der Waals surface area contributed by atoms with Crippen molar-refractivity contribution in [3.63, 3.8) is 0 Å². The number of carbonyl (C=O) groups is 3. The van der Waals surface area contributed by atoms with Gasteiger partial charge in [-0.3, -0.25) is 14.4 Å². The zero-order valence-electron chi connectivity index (χ0n) is 22.8. The Balaban J connectivity index is 1.66. The molecular formula is C32H39N3O5. The Kier molecular flexibility index (Phi) is 12.2. The van der Waals surface area contributed by atoms with E-state index in [1.807, 2.05) is 60.8 Å². The molecule has 3 atom stereocenters. The van der Waals surface area contributed by atoms with Crippen LogP contribution in [0.25, 0.3) is 10.9 Å². The number of ether oxygens (including phenoxy) is 1. The van der Waals surface area contributed by atoms with Crippen LogP contribution in [-0.2, 0) is 32.0 Å². The number of amides is 2. The number of nitrogens with one attached hydrogen (secondary N) is 3. The van der Waals surface area contributed by atoms with Gasteiger partial charge in [-0.15, -0.1) is 13.2 Å². The van der Waals surface area contributed by atoms with Gasteiger partial charge in [-0.2, -0.15) is 0 Å². The highest BCUT2D eigenvalue weighted by atomic mass is 16.5. The van der Waals surface area contributed by atoms with Crippen LogP contribution in [-0.4, -0.2) is 53.2 Å². The van der Waals surface area contributed by atoms with E-state index in [0.717, 1.165) is 22.0 Å². The summed E-state index contributed by atoms with van der Waals surface area (Å²) in [6, 6.07) is 16.5. The lowest BCUT2D eigenvalue weighted by molar-refractivity contribution is -0.145. The Morgan fingerprint density at radius 1 is 0.950 bits per heavy atom. The van der Waals surface area contributed by atoms with Crippen molar-refractivity contribution < 1.29 is 24.2 Å². The minimum absolute atomic E-state index is 0.00209. The van der Waals surface area contributed by atoms with Gasteiger partial charge in [0.05, 0.1) is 24.6 Å². The van der Waals surface area contributed by atoms with Gasteiger partial charge < -0.3 is 25.5 Å². The molecule has 40 heavy (non-hydrogen) atoms. The van der Waals surface area contributed by atoms with Crippen molar-refractivity contribution >= 4 is 28.7 Å². The van der Waals surface area contributed by atoms with Crippen molar-refractivity contribution in [2.75, 3.05) is 13.2 Å². The van der Waals surface area contributed by atoms with Crippen molar-refractivity contribution in [3.05, 3.63) is 97.2 Å². The predicted octanol–water partition coefficient (Wildman–Crippen LogP) is 4.01. The molecule has 0 radical (unpaired) electrons. The van der Waals surface area contributed by atoms with Gasteiger partial charge >= 0.3 is 5.97 Å². The van der Waals surface area contributed by atoms with E-state index in [1.54, 1.807) is 12.2 Å². The number of H-pyrrole nitrogens is 1. The van der Waals surface area contributed by atoms with Crippen LogP contribution in [0.5, 0.6) is 0 Å². The molecule has 0 spiro atoms. The highest BCUT2D eigenvalue weighted by Gasteiger charge is 2.26. The van der Waals surface area contributed by atoms with Crippen LogP contribution in [0.2, 0.25) is 0 Å². The molecule has 2 amide bonds. The highest BCUT2D eigenvalue weighted by Crippen LogP contribution is 2.20. The first-order valence-electron chi connectivity index (χ1n) is 13.6. The molecule has 212 valence electrons. The molecule has 2 aromatic carbocycles. The topological polar surface area (TPSA) is 121 Å².